The first-order valence-corrected chi connectivity index (χ1v) is 7.89. The minimum Gasteiger partial charge on any atom is -0.409 e. The lowest BCUT2D eigenvalue weighted by molar-refractivity contribution is 0.250. The van der Waals surface area contributed by atoms with Crippen molar-refractivity contribution in [1.82, 2.24) is 5.32 Å². The molecule has 19 heavy (non-hydrogen) atoms. The molecule has 0 bridgehead atoms. The predicted molar refractivity (Wildman–Crippen MR) is 78.3 cm³/mol. The summed E-state index contributed by atoms with van der Waals surface area (Å²) < 4.78 is 0. The molecule has 110 valence electrons. The summed E-state index contributed by atoms with van der Waals surface area (Å²) in [5.41, 5.74) is 5.93. The van der Waals surface area contributed by atoms with Gasteiger partial charge in [0.05, 0.1) is 0 Å². The summed E-state index contributed by atoms with van der Waals surface area (Å²) in [4.78, 5) is 0. The van der Waals surface area contributed by atoms with Crippen molar-refractivity contribution in [3.05, 3.63) is 0 Å². The van der Waals surface area contributed by atoms with Gasteiger partial charge in [-0.25, -0.2) is 0 Å². The van der Waals surface area contributed by atoms with E-state index in [4.69, 9.17) is 10.9 Å². The van der Waals surface area contributed by atoms with E-state index < -0.39 is 0 Å². The van der Waals surface area contributed by atoms with E-state index in [-0.39, 0.29) is 5.41 Å². The average Bonchev–Trinajstić information content (AvgIpc) is 3.20. The molecule has 0 heterocycles. The summed E-state index contributed by atoms with van der Waals surface area (Å²) in [5, 5.41) is 15.6. The fourth-order valence-electron chi connectivity index (χ4n) is 3.54. The van der Waals surface area contributed by atoms with Crippen LogP contribution in [-0.2, 0) is 0 Å². The van der Waals surface area contributed by atoms with Gasteiger partial charge in [0, 0.05) is 19.0 Å². The summed E-state index contributed by atoms with van der Waals surface area (Å²) in [6.45, 7) is 3.31. The second-order valence-corrected chi connectivity index (χ2v) is 6.56. The quantitative estimate of drug-likeness (QED) is 0.287. The van der Waals surface area contributed by atoms with Gasteiger partial charge in [-0.2, -0.15) is 0 Å². The molecule has 0 spiro atoms. The van der Waals surface area contributed by atoms with Crippen LogP contribution in [0.25, 0.3) is 0 Å². The van der Waals surface area contributed by atoms with Crippen molar-refractivity contribution in [3.63, 3.8) is 0 Å². The SMILES string of the molecule is CCC(NCC1(CC(N)=NO)CC1)C1CCCCC1. The van der Waals surface area contributed by atoms with Crippen LogP contribution in [-0.4, -0.2) is 23.6 Å². The lowest BCUT2D eigenvalue weighted by Gasteiger charge is -2.31. The highest BCUT2D eigenvalue weighted by Gasteiger charge is 2.43. The van der Waals surface area contributed by atoms with Crippen molar-refractivity contribution in [1.29, 1.82) is 0 Å². The van der Waals surface area contributed by atoms with Gasteiger partial charge >= 0.3 is 0 Å². The minimum atomic E-state index is 0.276. The Balaban J connectivity index is 1.79. The third-order valence-electron chi connectivity index (χ3n) is 5.04. The van der Waals surface area contributed by atoms with E-state index in [1.54, 1.807) is 0 Å². The van der Waals surface area contributed by atoms with Gasteiger partial charge in [0.25, 0.3) is 0 Å². The van der Waals surface area contributed by atoms with Crippen molar-refractivity contribution in [2.45, 2.75) is 70.8 Å². The van der Waals surface area contributed by atoms with Gasteiger partial charge in [0.2, 0.25) is 0 Å². The molecule has 2 saturated carbocycles. The molecule has 0 aromatic carbocycles. The Hall–Kier alpha value is -0.770. The molecule has 1 unspecified atom stereocenters. The van der Waals surface area contributed by atoms with E-state index >= 15 is 0 Å². The molecule has 0 aromatic heterocycles. The lowest BCUT2D eigenvalue weighted by Crippen LogP contribution is -2.40. The summed E-state index contributed by atoms with van der Waals surface area (Å²) in [6.07, 6.45) is 11.4. The van der Waals surface area contributed by atoms with E-state index in [1.807, 2.05) is 0 Å². The average molecular weight is 267 g/mol. The van der Waals surface area contributed by atoms with Gasteiger partial charge < -0.3 is 16.3 Å². The van der Waals surface area contributed by atoms with Crippen LogP contribution in [0.5, 0.6) is 0 Å². The van der Waals surface area contributed by atoms with E-state index in [2.05, 4.69) is 17.4 Å². The van der Waals surface area contributed by atoms with Crippen LogP contribution < -0.4 is 11.1 Å². The van der Waals surface area contributed by atoms with Gasteiger partial charge in [-0.3, -0.25) is 0 Å². The predicted octanol–water partition coefficient (Wildman–Crippen LogP) is 2.85. The fraction of sp³-hybridized carbons (Fsp3) is 0.933. The second kappa shape index (κ2) is 6.60. The zero-order chi connectivity index (χ0) is 13.7. The van der Waals surface area contributed by atoms with Crippen molar-refractivity contribution < 1.29 is 5.21 Å². The Morgan fingerprint density at radius 1 is 1.37 bits per heavy atom. The molecule has 2 fully saturated rings. The molecular formula is C15H29N3O. The first kappa shape index (κ1) is 14.6. The van der Waals surface area contributed by atoms with Crippen molar-refractivity contribution in [3.8, 4) is 0 Å². The number of hydrogen-bond acceptors (Lipinski definition) is 3. The third-order valence-corrected chi connectivity index (χ3v) is 5.04. The third kappa shape index (κ3) is 4.10. The summed E-state index contributed by atoms with van der Waals surface area (Å²) in [7, 11) is 0. The number of oxime groups is 1. The molecule has 0 aliphatic heterocycles. The Labute approximate surface area is 116 Å². The highest BCUT2D eigenvalue weighted by atomic mass is 16.4. The molecule has 0 radical (unpaired) electrons. The summed E-state index contributed by atoms with van der Waals surface area (Å²) in [6, 6.07) is 0.657. The zero-order valence-corrected chi connectivity index (χ0v) is 12.2. The van der Waals surface area contributed by atoms with Crippen molar-refractivity contribution in [2.75, 3.05) is 6.54 Å². The number of nitrogens with two attached hydrogens (primary N) is 1. The normalized spacial score (nSPS) is 25.2. The van der Waals surface area contributed by atoms with Crippen LogP contribution in [0, 0.1) is 11.3 Å². The van der Waals surface area contributed by atoms with Gasteiger partial charge in [-0.15, -0.1) is 0 Å². The van der Waals surface area contributed by atoms with Gasteiger partial charge in [0.1, 0.15) is 5.84 Å². The van der Waals surface area contributed by atoms with Crippen LogP contribution in [0.15, 0.2) is 5.16 Å². The smallest absolute Gasteiger partial charge is 0.139 e. The number of amidine groups is 1. The van der Waals surface area contributed by atoms with Crippen LogP contribution in [0.4, 0.5) is 0 Å². The molecule has 0 amide bonds. The Kier molecular flexibility index (Phi) is 5.08. The molecular weight excluding hydrogens is 238 g/mol. The minimum absolute atomic E-state index is 0.276. The van der Waals surface area contributed by atoms with Gasteiger partial charge in [-0.05, 0) is 43.4 Å². The highest BCUT2D eigenvalue weighted by molar-refractivity contribution is 5.80. The summed E-state index contributed by atoms with van der Waals surface area (Å²) >= 11 is 0. The Morgan fingerprint density at radius 3 is 2.58 bits per heavy atom. The summed E-state index contributed by atoms with van der Waals surface area (Å²) in [5.74, 6) is 1.24. The first-order chi connectivity index (χ1) is 9.19. The standard InChI is InChI=1S/C15H29N3O/c1-2-13(12-6-4-3-5-7-12)17-11-15(8-9-15)10-14(16)18-19/h12-13,17,19H,2-11H2,1H3,(H2,16,18). The first-order valence-electron chi connectivity index (χ1n) is 7.89. The molecule has 0 saturated heterocycles. The topological polar surface area (TPSA) is 70.6 Å². The molecule has 4 heteroatoms. The lowest BCUT2D eigenvalue weighted by atomic mass is 9.82. The molecule has 0 aromatic rings. The maximum atomic E-state index is 8.70. The van der Waals surface area contributed by atoms with Crippen LogP contribution in [0.2, 0.25) is 0 Å². The monoisotopic (exact) mass is 267 g/mol. The molecule has 4 nitrogen and oxygen atoms in total. The Morgan fingerprint density at radius 2 is 2.05 bits per heavy atom. The van der Waals surface area contributed by atoms with E-state index in [9.17, 15) is 0 Å². The molecule has 1 atom stereocenters. The van der Waals surface area contributed by atoms with Gasteiger partial charge in [0.15, 0.2) is 0 Å². The number of nitrogens with zero attached hydrogens (tertiary/aromatic N) is 1. The fourth-order valence-corrected chi connectivity index (χ4v) is 3.54. The zero-order valence-electron chi connectivity index (χ0n) is 12.2. The largest absolute Gasteiger partial charge is 0.409 e. The van der Waals surface area contributed by atoms with E-state index in [0.29, 0.717) is 11.9 Å². The Bertz CT molecular complexity index is 307. The maximum Gasteiger partial charge on any atom is 0.139 e. The van der Waals surface area contributed by atoms with Crippen LogP contribution in [0.3, 0.4) is 0 Å². The molecule has 2 aliphatic carbocycles. The van der Waals surface area contributed by atoms with Crippen LogP contribution >= 0.6 is 0 Å². The molecule has 2 aliphatic rings. The number of rotatable bonds is 7. The van der Waals surface area contributed by atoms with Crippen molar-refractivity contribution in [2.24, 2.45) is 22.2 Å². The van der Waals surface area contributed by atoms with Crippen molar-refractivity contribution >= 4 is 5.84 Å². The highest BCUT2D eigenvalue weighted by Crippen LogP contribution is 2.48. The van der Waals surface area contributed by atoms with Crippen LogP contribution in [0.1, 0.15) is 64.7 Å². The number of hydrogen-bond donors (Lipinski definition) is 3. The molecule has 4 N–H and O–H groups in total. The van der Waals surface area contributed by atoms with E-state index in [1.165, 1.54) is 51.4 Å². The maximum absolute atomic E-state index is 8.70. The second-order valence-electron chi connectivity index (χ2n) is 6.56. The van der Waals surface area contributed by atoms with Gasteiger partial charge in [-0.1, -0.05) is 31.3 Å². The molecule has 2 rings (SSSR count). The number of nitrogens with one attached hydrogen (secondary N) is 1. The van der Waals surface area contributed by atoms with E-state index in [0.717, 1.165) is 18.9 Å².